The number of carbonyl (C=O) groups is 1. The monoisotopic (exact) mass is 431 g/mol. The summed E-state index contributed by atoms with van der Waals surface area (Å²) in [6.45, 7) is 0.348. The molecule has 0 aliphatic carbocycles. The van der Waals surface area contributed by atoms with E-state index in [1.165, 1.54) is 12.3 Å². The first-order chi connectivity index (χ1) is 15.6. The Balaban J connectivity index is 1.38. The molecule has 0 atom stereocenters. The number of aromatic nitrogens is 2. The number of nitrogens with zero attached hydrogens (tertiary/aromatic N) is 1. The number of benzene rings is 2. The number of pyridine rings is 1. The van der Waals surface area contributed by atoms with Crippen LogP contribution in [0.25, 0.3) is 10.9 Å². The van der Waals surface area contributed by atoms with E-state index in [1.54, 1.807) is 4.57 Å². The highest BCUT2D eigenvalue weighted by atomic mass is 16.5. The van der Waals surface area contributed by atoms with E-state index < -0.39 is 0 Å². The van der Waals surface area contributed by atoms with Crippen LogP contribution in [0.2, 0.25) is 0 Å². The van der Waals surface area contributed by atoms with Gasteiger partial charge in [0.15, 0.2) is 5.75 Å². The molecule has 164 valence electrons. The first kappa shape index (κ1) is 21.4. The van der Waals surface area contributed by atoms with Crippen molar-refractivity contribution < 1.29 is 14.6 Å². The third kappa shape index (κ3) is 5.07. The van der Waals surface area contributed by atoms with Crippen LogP contribution in [-0.4, -0.2) is 27.1 Å². The minimum Gasteiger partial charge on any atom is -0.483 e. The predicted molar refractivity (Wildman–Crippen MR) is 122 cm³/mol. The smallest absolute Gasteiger partial charge is 0.239 e. The first-order valence-corrected chi connectivity index (χ1v) is 10.5. The molecule has 0 unspecified atom stereocenters. The van der Waals surface area contributed by atoms with E-state index in [9.17, 15) is 14.7 Å². The second-order valence-corrected chi connectivity index (χ2v) is 7.51. The normalized spacial score (nSPS) is 10.9. The summed E-state index contributed by atoms with van der Waals surface area (Å²) >= 11 is 0. The summed E-state index contributed by atoms with van der Waals surface area (Å²) in [6.07, 6.45) is 4.13. The van der Waals surface area contributed by atoms with Gasteiger partial charge in [-0.25, -0.2) is 0 Å². The lowest BCUT2D eigenvalue weighted by molar-refractivity contribution is -0.121. The van der Waals surface area contributed by atoms with Gasteiger partial charge in [-0.05, 0) is 23.6 Å². The number of rotatable bonds is 9. The van der Waals surface area contributed by atoms with Crippen molar-refractivity contribution in [2.45, 2.75) is 26.2 Å². The zero-order chi connectivity index (χ0) is 22.3. The molecule has 0 saturated carbocycles. The number of aromatic amines is 1. The number of fused-ring (bicyclic) bond motifs is 1. The summed E-state index contributed by atoms with van der Waals surface area (Å²) < 4.78 is 7.21. The summed E-state index contributed by atoms with van der Waals surface area (Å²) in [6, 6.07) is 18.8. The number of amides is 1. The molecule has 7 nitrogen and oxygen atoms in total. The van der Waals surface area contributed by atoms with Crippen LogP contribution in [0.5, 0.6) is 5.75 Å². The van der Waals surface area contributed by atoms with E-state index in [1.807, 2.05) is 60.8 Å². The maximum absolute atomic E-state index is 12.5. The molecule has 2 heterocycles. The molecule has 32 heavy (non-hydrogen) atoms. The van der Waals surface area contributed by atoms with Crippen molar-refractivity contribution in [3.05, 3.63) is 100 Å². The van der Waals surface area contributed by atoms with Crippen molar-refractivity contribution in [1.82, 2.24) is 14.9 Å². The van der Waals surface area contributed by atoms with Crippen LogP contribution in [0.4, 0.5) is 0 Å². The van der Waals surface area contributed by atoms with Gasteiger partial charge in [-0.15, -0.1) is 0 Å². The zero-order valence-corrected chi connectivity index (χ0v) is 17.6. The SMILES string of the molecule is O=C(Cn1cc(OCc2ccccc2)c(=O)cc1CO)NCCc1c[nH]c2ccccc12. The quantitative estimate of drug-likeness (QED) is 0.380. The Labute approximate surface area is 185 Å². The lowest BCUT2D eigenvalue weighted by atomic mass is 10.1. The fraction of sp³-hybridized carbons (Fsp3) is 0.200. The maximum Gasteiger partial charge on any atom is 0.239 e. The largest absolute Gasteiger partial charge is 0.483 e. The Kier molecular flexibility index (Phi) is 6.67. The molecule has 4 rings (SSSR count). The van der Waals surface area contributed by atoms with Crippen LogP contribution >= 0.6 is 0 Å². The molecule has 3 N–H and O–H groups in total. The molecule has 0 radical (unpaired) electrons. The number of ether oxygens (including phenoxy) is 1. The van der Waals surface area contributed by atoms with E-state index in [0.29, 0.717) is 18.7 Å². The second-order valence-electron chi connectivity index (χ2n) is 7.51. The minimum absolute atomic E-state index is 0.0221. The van der Waals surface area contributed by atoms with Crippen molar-refractivity contribution in [1.29, 1.82) is 0 Å². The van der Waals surface area contributed by atoms with Crippen LogP contribution in [0.3, 0.4) is 0 Å². The maximum atomic E-state index is 12.5. The van der Waals surface area contributed by atoms with Gasteiger partial charge in [-0.2, -0.15) is 0 Å². The van der Waals surface area contributed by atoms with Gasteiger partial charge >= 0.3 is 0 Å². The van der Waals surface area contributed by atoms with Crippen molar-refractivity contribution >= 4 is 16.8 Å². The van der Waals surface area contributed by atoms with Gasteiger partial charge < -0.3 is 24.7 Å². The Bertz CT molecular complexity index is 1260. The van der Waals surface area contributed by atoms with Gasteiger partial charge in [0.25, 0.3) is 0 Å². The number of nitrogens with one attached hydrogen (secondary N) is 2. The zero-order valence-electron chi connectivity index (χ0n) is 17.6. The Morgan fingerprint density at radius 1 is 1.09 bits per heavy atom. The number of carbonyl (C=O) groups excluding carboxylic acids is 1. The van der Waals surface area contributed by atoms with E-state index in [-0.39, 0.29) is 36.8 Å². The molecule has 4 aromatic rings. The molecular weight excluding hydrogens is 406 g/mol. The molecule has 2 aromatic carbocycles. The van der Waals surface area contributed by atoms with Gasteiger partial charge in [0.1, 0.15) is 13.2 Å². The lowest BCUT2D eigenvalue weighted by Gasteiger charge is -2.14. The van der Waals surface area contributed by atoms with Crippen LogP contribution in [0.15, 0.2) is 77.9 Å². The predicted octanol–water partition coefficient (Wildman–Crippen LogP) is 2.76. The third-order valence-electron chi connectivity index (χ3n) is 5.29. The van der Waals surface area contributed by atoms with Gasteiger partial charge in [0, 0.05) is 35.4 Å². The highest BCUT2D eigenvalue weighted by Crippen LogP contribution is 2.17. The number of hydrogen-bond donors (Lipinski definition) is 3. The van der Waals surface area contributed by atoms with Crippen LogP contribution < -0.4 is 15.5 Å². The molecule has 2 aromatic heterocycles. The average molecular weight is 431 g/mol. The number of para-hydroxylation sites is 1. The molecule has 0 fully saturated rings. The molecule has 0 aliphatic rings. The molecular formula is C25H25N3O4. The molecule has 7 heteroatoms. The Morgan fingerprint density at radius 2 is 1.88 bits per heavy atom. The van der Waals surface area contributed by atoms with E-state index in [2.05, 4.69) is 10.3 Å². The van der Waals surface area contributed by atoms with Gasteiger partial charge in [-0.1, -0.05) is 48.5 Å². The second kappa shape index (κ2) is 9.98. The molecule has 0 spiro atoms. The third-order valence-corrected chi connectivity index (χ3v) is 5.29. The highest BCUT2D eigenvalue weighted by molar-refractivity contribution is 5.83. The van der Waals surface area contributed by atoms with Crippen LogP contribution in [0, 0.1) is 0 Å². The summed E-state index contributed by atoms with van der Waals surface area (Å²) in [7, 11) is 0. The van der Waals surface area contributed by atoms with Crippen LogP contribution in [-0.2, 0) is 31.0 Å². The van der Waals surface area contributed by atoms with Crippen molar-refractivity contribution in [2.24, 2.45) is 0 Å². The summed E-state index contributed by atoms with van der Waals surface area (Å²) in [5, 5.41) is 13.7. The molecule has 0 saturated heterocycles. The summed E-state index contributed by atoms with van der Waals surface area (Å²) in [4.78, 5) is 28.1. The van der Waals surface area contributed by atoms with Crippen molar-refractivity contribution in [2.75, 3.05) is 6.54 Å². The standard InChI is InChI=1S/C25H25N3O4/c29-16-20-12-23(30)24(32-17-18-6-2-1-3-7-18)14-28(20)15-25(31)26-11-10-19-13-27-22-9-5-4-8-21(19)22/h1-9,12-14,27,29H,10-11,15-17H2,(H,26,31). The number of H-pyrrole nitrogens is 1. The molecule has 1 amide bonds. The lowest BCUT2D eigenvalue weighted by Crippen LogP contribution is -2.30. The highest BCUT2D eigenvalue weighted by Gasteiger charge is 2.11. The first-order valence-electron chi connectivity index (χ1n) is 10.5. The topological polar surface area (TPSA) is 96.3 Å². The molecule has 0 bridgehead atoms. The Hall–Kier alpha value is -3.84. The van der Waals surface area contributed by atoms with Crippen molar-refractivity contribution in [3.8, 4) is 5.75 Å². The van der Waals surface area contributed by atoms with E-state index in [4.69, 9.17) is 4.74 Å². The van der Waals surface area contributed by atoms with Crippen LogP contribution in [0.1, 0.15) is 16.8 Å². The van der Waals surface area contributed by atoms with Gasteiger partial charge in [0.2, 0.25) is 11.3 Å². The summed E-state index contributed by atoms with van der Waals surface area (Å²) in [5.74, 6) is -0.0742. The minimum atomic E-state index is -0.350. The Morgan fingerprint density at radius 3 is 2.69 bits per heavy atom. The number of aliphatic hydroxyl groups excluding tert-OH is 1. The summed E-state index contributed by atoms with van der Waals surface area (Å²) in [5.41, 5.74) is 3.16. The average Bonchev–Trinajstić information content (AvgIpc) is 3.23. The number of hydrogen-bond acceptors (Lipinski definition) is 4. The van der Waals surface area contributed by atoms with Crippen molar-refractivity contribution in [3.63, 3.8) is 0 Å². The van der Waals surface area contributed by atoms with Gasteiger partial charge in [0.05, 0.1) is 12.8 Å². The fourth-order valence-corrected chi connectivity index (χ4v) is 3.61. The number of aliphatic hydroxyl groups is 1. The fourth-order valence-electron chi connectivity index (χ4n) is 3.61. The van der Waals surface area contributed by atoms with E-state index in [0.717, 1.165) is 22.0 Å². The molecule has 0 aliphatic heterocycles. The van der Waals surface area contributed by atoms with E-state index >= 15 is 0 Å². The van der Waals surface area contributed by atoms with Gasteiger partial charge in [-0.3, -0.25) is 9.59 Å².